The maximum absolute atomic E-state index is 12.5. The van der Waals surface area contributed by atoms with Crippen molar-refractivity contribution in [3.05, 3.63) is 92.8 Å². The highest BCUT2D eigenvalue weighted by Crippen LogP contribution is 2.33. The number of carbonyl (C=O) groups is 1. The van der Waals surface area contributed by atoms with Gasteiger partial charge in [0.15, 0.2) is 16.7 Å². The van der Waals surface area contributed by atoms with E-state index >= 15 is 0 Å². The Labute approximate surface area is 202 Å². The number of nitrogens with one attached hydrogen (secondary N) is 1. The van der Waals surface area contributed by atoms with Gasteiger partial charge in [0.1, 0.15) is 6.61 Å². The van der Waals surface area contributed by atoms with E-state index in [4.69, 9.17) is 21.1 Å². The predicted octanol–water partition coefficient (Wildman–Crippen LogP) is 6.44. The highest BCUT2D eigenvalue weighted by molar-refractivity contribution is 8.18. The number of aliphatic imine (C=N–C) groups is 1. The number of carbonyl (C=O) groups excluding carboxylic acids is 1. The van der Waals surface area contributed by atoms with Gasteiger partial charge < -0.3 is 14.8 Å². The van der Waals surface area contributed by atoms with Crippen LogP contribution in [0.1, 0.15) is 22.3 Å². The quantitative estimate of drug-likeness (QED) is 0.414. The van der Waals surface area contributed by atoms with E-state index in [1.807, 2.05) is 55.5 Å². The molecule has 1 N–H and O–H groups in total. The summed E-state index contributed by atoms with van der Waals surface area (Å²) in [6, 6.07) is 19.3. The molecule has 1 aliphatic heterocycles. The van der Waals surface area contributed by atoms with E-state index in [9.17, 15) is 4.79 Å². The molecule has 0 unspecified atom stereocenters. The zero-order valence-corrected chi connectivity index (χ0v) is 20.1. The first-order chi connectivity index (χ1) is 15.9. The molecular weight excluding hydrogens is 456 g/mol. The maximum Gasteiger partial charge on any atom is 0.264 e. The van der Waals surface area contributed by atoms with Crippen LogP contribution in [0, 0.1) is 13.8 Å². The first kappa shape index (κ1) is 23.0. The molecule has 0 bridgehead atoms. The normalized spacial score (nSPS) is 15.7. The third-order valence-electron chi connectivity index (χ3n) is 5.07. The molecule has 0 aromatic heterocycles. The number of methoxy groups -OCH3 is 1. The average molecular weight is 479 g/mol. The van der Waals surface area contributed by atoms with E-state index < -0.39 is 0 Å². The molecule has 7 heteroatoms. The Morgan fingerprint density at radius 3 is 2.67 bits per heavy atom. The number of hydrogen-bond donors (Lipinski definition) is 1. The molecule has 1 aliphatic rings. The summed E-state index contributed by atoms with van der Waals surface area (Å²) in [5.41, 5.74) is 4.69. The summed E-state index contributed by atoms with van der Waals surface area (Å²) < 4.78 is 11.5. The Kier molecular flexibility index (Phi) is 7.06. The Morgan fingerprint density at radius 2 is 1.88 bits per heavy atom. The van der Waals surface area contributed by atoms with E-state index in [1.165, 1.54) is 17.3 Å². The van der Waals surface area contributed by atoms with Gasteiger partial charge in [-0.2, -0.15) is 0 Å². The standard InChI is InChI=1S/C26H23ClN2O3S/c1-16-6-4-7-19(12-16)15-32-22-11-10-18(13-23(22)31-3)14-24-25(30)29-26(33-24)28-21-9-5-8-20(27)17(21)2/h4-14H,15H2,1-3H3,(H,28,29,30)/b24-14+. The number of aryl methyl sites for hydroxylation is 1. The molecule has 0 aliphatic carbocycles. The van der Waals surface area contributed by atoms with Crippen LogP contribution in [-0.2, 0) is 11.4 Å². The number of thioether (sulfide) groups is 1. The van der Waals surface area contributed by atoms with Crippen LogP contribution in [-0.4, -0.2) is 18.2 Å². The minimum atomic E-state index is -0.197. The van der Waals surface area contributed by atoms with Crippen molar-refractivity contribution in [1.29, 1.82) is 0 Å². The van der Waals surface area contributed by atoms with Crippen molar-refractivity contribution in [1.82, 2.24) is 5.32 Å². The lowest BCUT2D eigenvalue weighted by atomic mass is 10.1. The van der Waals surface area contributed by atoms with Crippen LogP contribution >= 0.6 is 23.4 Å². The maximum atomic E-state index is 12.5. The van der Waals surface area contributed by atoms with Gasteiger partial charge in [0.2, 0.25) is 0 Å². The summed E-state index contributed by atoms with van der Waals surface area (Å²) in [5, 5.41) is 3.96. The summed E-state index contributed by atoms with van der Waals surface area (Å²) in [4.78, 5) is 17.6. The summed E-state index contributed by atoms with van der Waals surface area (Å²) in [7, 11) is 1.60. The summed E-state index contributed by atoms with van der Waals surface area (Å²) >= 11 is 7.46. The second-order valence-corrected chi connectivity index (χ2v) is 8.99. The topological polar surface area (TPSA) is 59.9 Å². The van der Waals surface area contributed by atoms with Crippen LogP contribution in [0.25, 0.3) is 6.08 Å². The molecule has 0 radical (unpaired) electrons. The second-order valence-electron chi connectivity index (χ2n) is 7.55. The molecule has 1 amide bonds. The third-order valence-corrected chi connectivity index (χ3v) is 6.39. The van der Waals surface area contributed by atoms with Gasteiger partial charge in [0.25, 0.3) is 5.91 Å². The first-order valence-corrected chi connectivity index (χ1v) is 11.5. The van der Waals surface area contributed by atoms with Gasteiger partial charge in [-0.1, -0.05) is 53.6 Å². The lowest BCUT2D eigenvalue weighted by molar-refractivity contribution is -0.115. The largest absolute Gasteiger partial charge is 0.493 e. The smallest absolute Gasteiger partial charge is 0.264 e. The van der Waals surface area contributed by atoms with Crippen molar-refractivity contribution in [3.63, 3.8) is 0 Å². The average Bonchev–Trinajstić information content (AvgIpc) is 3.14. The Morgan fingerprint density at radius 1 is 1.06 bits per heavy atom. The zero-order chi connectivity index (χ0) is 23.4. The molecule has 5 nitrogen and oxygen atoms in total. The van der Waals surface area contributed by atoms with Gasteiger partial charge >= 0.3 is 0 Å². The van der Waals surface area contributed by atoms with Crippen molar-refractivity contribution in [2.24, 2.45) is 4.99 Å². The van der Waals surface area contributed by atoms with Crippen molar-refractivity contribution < 1.29 is 14.3 Å². The highest BCUT2D eigenvalue weighted by atomic mass is 35.5. The fourth-order valence-electron chi connectivity index (χ4n) is 3.31. The van der Waals surface area contributed by atoms with Gasteiger partial charge in [0.05, 0.1) is 17.7 Å². The van der Waals surface area contributed by atoms with E-state index in [1.54, 1.807) is 13.2 Å². The number of halogens is 1. The van der Waals surface area contributed by atoms with Gasteiger partial charge in [-0.3, -0.25) is 4.79 Å². The molecule has 4 rings (SSSR count). The second kappa shape index (κ2) is 10.1. The predicted molar refractivity (Wildman–Crippen MR) is 135 cm³/mol. The number of benzene rings is 3. The number of nitrogens with zero attached hydrogens (tertiary/aromatic N) is 1. The molecule has 1 heterocycles. The first-order valence-electron chi connectivity index (χ1n) is 10.3. The Balaban J connectivity index is 1.50. The molecule has 0 saturated carbocycles. The van der Waals surface area contributed by atoms with Crippen LogP contribution < -0.4 is 14.8 Å². The zero-order valence-electron chi connectivity index (χ0n) is 18.5. The molecule has 3 aromatic carbocycles. The lowest BCUT2D eigenvalue weighted by Crippen LogP contribution is -2.19. The molecule has 1 saturated heterocycles. The SMILES string of the molecule is COc1cc(/C=C2/SC(=Nc3cccc(Cl)c3C)NC2=O)ccc1OCc1cccc(C)c1. The lowest BCUT2D eigenvalue weighted by Gasteiger charge is -2.12. The van der Waals surface area contributed by atoms with Crippen LogP contribution in [0.2, 0.25) is 5.02 Å². The fraction of sp³-hybridized carbons (Fsp3) is 0.154. The minimum Gasteiger partial charge on any atom is -0.493 e. The number of amidine groups is 1. The molecule has 0 atom stereocenters. The summed E-state index contributed by atoms with van der Waals surface area (Å²) in [5.74, 6) is 1.05. The van der Waals surface area contributed by atoms with E-state index in [0.717, 1.165) is 22.4 Å². The minimum absolute atomic E-state index is 0.197. The van der Waals surface area contributed by atoms with Crippen molar-refractivity contribution >= 4 is 46.2 Å². The highest BCUT2D eigenvalue weighted by Gasteiger charge is 2.24. The van der Waals surface area contributed by atoms with Crippen LogP contribution in [0.3, 0.4) is 0 Å². The monoisotopic (exact) mass is 478 g/mol. The van der Waals surface area contributed by atoms with E-state index in [0.29, 0.717) is 33.2 Å². The van der Waals surface area contributed by atoms with Crippen LogP contribution in [0.15, 0.2) is 70.6 Å². The molecular formula is C26H23ClN2O3S. The van der Waals surface area contributed by atoms with Crippen molar-refractivity contribution in [2.75, 3.05) is 7.11 Å². The number of ether oxygens (including phenoxy) is 2. The van der Waals surface area contributed by atoms with Crippen molar-refractivity contribution in [2.45, 2.75) is 20.5 Å². The molecule has 168 valence electrons. The van der Waals surface area contributed by atoms with Crippen LogP contribution in [0.5, 0.6) is 11.5 Å². The van der Waals surface area contributed by atoms with Crippen LogP contribution in [0.4, 0.5) is 5.69 Å². The van der Waals surface area contributed by atoms with Gasteiger partial charge in [0, 0.05) is 5.02 Å². The van der Waals surface area contributed by atoms with Gasteiger partial charge in [-0.25, -0.2) is 4.99 Å². The molecule has 3 aromatic rings. The summed E-state index contributed by atoms with van der Waals surface area (Å²) in [6.07, 6.45) is 1.81. The van der Waals surface area contributed by atoms with E-state index in [2.05, 4.69) is 29.4 Å². The molecule has 0 spiro atoms. The number of hydrogen-bond acceptors (Lipinski definition) is 5. The molecule has 33 heavy (non-hydrogen) atoms. The fourth-order valence-corrected chi connectivity index (χ4v) is 4.32. The van der Waals surface area contributed by atoms with Gasteiger partial charge in [-0.15, -0.1) is 0 Å². The van der Waals surface area contributed by atoms with E-state index in [-0.39, 0.29) is 5.91 Å². The number of amides is 1. The Hall–Kier alpha value is -3.22. The molecule has 1 fully saturated rings. The Bertz CT molecular complexity index is 1270. The third kappa shape index (κ3) is 5.59. The van der Waals surface area contributed by atoms with Crippen molar-refractivity contribution in [3.8, 4) is 11.5 Å². The van der Waals surface area contributed by atoms with Gasteiger partial charge in [-0.05, 0) is 72.6 Å². The number of rotatable bonds is 6. The summed E-state index contributed by atoms with van der Waals surface area (Å²) in [6.45, 7) is 4.39.